The van der Waals surface area contributed by atoms with Crippen molar-refractivity contribution in [1.82, 2.24) is 25.8 Å². The van der Waals surface area contributed by atoms with Crippen molar-refractivity contribution in [2.75, 3.05) is 26.7 Å². The summed E-state index contributed by atoms with van der Waals surface area (Å²) in [6.07, 6.45) is 10.4. The standard InChI is InChI=1S/C30H47N5O6/c1-34-25-11-10-20(15-22(25)30(41)35(17-27(34)37)13-12-28(38)39)32-26(36)14-18-6-8-19(9-7-18)33-29(40)23-16-31-24-5-3-2-4-21(23)24/h18-25,31H,2-17H2,1H3,(H,32,36)(H,33,40)(H,38,39). The van der Waals surface area contributed by atoms with Crippen molar-refractivity contribution in [1.29, 1.82) is 0 Å². The second-order valence-electron chi connectivity index (χ2n) is 13.2. The molecule has 2 heterocycles. The van der Waals surface area contributed by atoms with Crippen molar-refractivity contribution in [3.63, 3.8) is 0 Å². The summed E-state index contributed by atoms with van der Waals surface area (Å²) in [4.78, 5) is 66.0. The maximum atomic E-state index is 13.3. The lowest BCUT2D eigenvalue weighted by Crippen LogP contribution is -2.51. The zero-order valence-corrected chi connectivity index (χ0v) is 24.3. The SMILES string of the molecule is CN1C(=O)CN(CCC(=O)O)C(=O)C2CC(NC(=O)CC3CCC(NC(=O)C4CNC5CCCCC54)CC3)CCC21. The summed E-state index contributed by atoms with van der Waals surface area (Å²) in [5.41, 5.74) is 0. The minimum atomic E-state index is -1.01. The van der Waals surface area contributed by atoms with Crippen molar-refractivity contribution in [2.45, 2.75) is 108 Å². The highest BCUT2D eigenvalue weighted by Gasteiger charge is 2.44. The number of amides is 4. The number of hydrogen-bond donors (Lipinski definition) is 4. The smallest absolute Gasteiger partial charge is 0.305 e. The topological polar surface area (TPSA) is 148 Å². The van der Waals surface area contributed by atoms with E-state index in [1.54, 1.807) is 11.9 Å². The molecule has 0 aromatic carbocycles. The van der Waals surface area contributed by atoms with E-state index < -0.39 is 11.9 Å². The minimum absolute atomic E-state index is 0.00505. The molecule has 6 atom stereocenters. The van der Waals surface area contributed by atoms with Gasteiger partial charge in [-0.15, -0.1) is 0 Å². The van der Waals surface area contributed by atoms with E-state index >= 15 is 0 Å². The van der Waals surface area contributed by atoms with Crippen molar-refractivity contribution < 1.29 is 29.1 Å². The molecule has 0 radical (unpaired) electrons. The maximum absolute atomic E-state index is 13.3. The first-order valence-corrected chi connectivity index (χ1v) is 15.8. The molecule has 4 N–H and O–H groups in total. The van der Waals surface area contributed by atoms with E-state index in [0.29, 0.717) is 37.6 Å². The van der Waals surface area contributed by atoms with Gasteiger partial charge in [0.1, 0.15) is 0 Å². The zero-order valence-electron chi connectivity index (χ0n) is 24.3. The number of likely N-dealkylation sites (N-methyl/N-ethyl adjacent to an activating group) is 1. The third kappa shape index (κ3) is 7.04. The molecule has 5 aliphatic rings. The molecule has 41 heavy (non-hydrogen) atoms. The summed E-state index contributed by atoms with van der Waals surface area (Å²) < 4.78 is 0. The van der Waals surface area contributed by atoms with Gasteiger partial charge in [0.2, 0.25) is 23.6 Å². The number of carbonyl (C=O) groups excluding carboxylic acids is 4. The van der Waals surface area contributed by atoms with Crippen LogP contribution in [0.5, 0.6) is 0 Å². The highest BCUT2D eigenvalue weighted by Crippen LogP contribution is 2.36. The Bertz CT molecular complexity index is 1010. The van der Waals surface area contributed by atoms with Crippen LogP contribution in [0.3, 0.4) is 0 Å². The van der Waals surface area contributed by atoms with E-state index in [1.807, 2.05) is 0 Å². The van der Waals surface area contributed by atoms with Crippen molar-refractivity contribution in [3.05, 3.63) is 0 Å². The van der Waals surface area contributed by atoms with Crippen LogP contribution in [0.15, 0.2) is 0 Å². The van der Waals surface area contributed by atoms with Gasteiger partial charge in [-0.1, -0.05) is 12.8 Å². The van der Waals surface area contributed by atoms with Crippen LogP contribution in [0, 0.1) is 23.7 Å². The van der Waals surface area contributed by atoms with Gasteiger partial charge in [0, 0.05) is 50.7 Å². The molecule has 11 heteroatoms. The number of rotatable bonds is 8. The number of fused-ring (bicyclic) bond motifs is 2. The third-order valence-electron chi connectivity index (χ3n) is 10.6. The molecule has 0 spiro atoms. The molecule has 3 saturated carbocycles. The molecule has 5 fully saturated rings. The highest BCUT2D eigenvalue weighted by molar-refractivity contribution is 5.89. The molecule has 0 aromatic rings. The minimum Gasteiger partial charge on any atom is -0.481 e. The van der Waals surface area contributed by atoms with E-state index in [1.165, 1.54) is 24.2 Å². The van der Waals surface area contributed by atoms with E-state index in [-0.39, 0.29) is 73.1 Å². The van der Waals surface area contributed by atoms with Crippen LogP contribution in [-0.2, 0) is 24.0 Å². The number of carbonyl (C=O) groups is 5. The molecule has 3 aliphatic carbocycles. The maximum Gasteiger partial charge on any atom is 0.305 e. The Morgan fingerprint density at radius 2 is 1.68 bits per heavy atom. The van der Waals surface area contributed by atoms with E-state index in [2.05, 4.69) is 16.0 Å². The molecular weight excluding hydrogens is 526 g/mol. The molecule has 2 saturated heterocycles. The molecule has 0 aromatic heterocycles. The number of aliphatic carboxylic acids is 1. The van der Waals surface area contributed by atoms with Gasteiger partial charge in [0.25, 0.3) is 0 Å². The van der Waals surface area contributed by atoms with Crippen LogP contribution in [0.4, 0.5) is 0 Å². The number of nitrogens with one attached hydrogen (secondary N) is 3. The Kier molecular flexibility index (Phi) is 9.51. The van der Waals surface area contributed by atoms with Gasteiger partial charge in [-0.3, -0.25) is 24.0 Å². The molecule has 11 nitrogen and oxygen atoms in total. The van der Waals surface area contributed by atoms with Gasteiger partial charge in [-0.05, 0) is 69.6 Å². The first-order valence-electron chi connectivity index (χ1n) is 15.8. The molecule has 4 amide bonds. The van der Waals surface area contributed by atoms with Crippen molar-refractivity contribution in [3.8, 4) is 0 Å². The molecule has 0 bridgehead atoms. The number of carboxylic acid groups (broad SMARTS) is 1. The average molecular weight is 574 g/mol. The number of nitrogens with zero attached hydrogens (tertiary/aromatic N) is 2. The van der Waals surface area contributed by atoms with Gasteiger partial charge in [-0.2, -0.15) is 0 Å². The molecule has 2 aliphatic heterocycles. The summed E-state index contributed by atoms with van der Waals surface area (Å²) >= 11 is 0. The zero-order chi connectivity index (χ0) is 29.1. The summed E-state index contributed by atoms with van der Waals surface area (Å²) in [6, 6.07) is 0.316. The largest absolute Gasteiger partial charge is 0.481 e. The van der Waals surface area contributed by atoms with Crippen LogP contribution in [0.1, 0.15) is 83.5 Å². The van der Waals surface area contributed by atoms with Crippen LogP contribution in [-0.4, -0.2) is 95.4 Å². The summed E-state index contributed by atoms with van der Waals surface area (Å²) in [6.45, 7) is 0.697. The van der Waals surface area contributed by atoms with Gasteiger partial charge < -0.3 is 30.9 Å². The van der Waals surface area contributed by atoms with Crippen molar-refractivity contribution >= 4 is 29.6 Å². The van der Waals surface area contributed by atoms with Crippen LogP contribution in [0.25, 0.3) is 0 Å². The predicted molar refractivity (Wildman–Crippen MR) is 150 cm³/mol. The summed E-state index contributed by atoms with van der Waals surface area (Å²) in [5, 5.41) is 19.1. The predicted octanol–water partition coefficient (Wildman–Crippen LogP) is 1.26. The summed E-state index contributed by atoms with van der Waals surface area (Å²) in [7, 11) is 1.71. The quantitative estimate of drug-likeness (QED) is 0.342. The number of carboxylic acids is 1. The Labute approximate surface area is 242 Å². The van der Waals surface area contributed by atoms with Gasteiger partial charge in [-0.25, -0.2) is 0 Å². The van der Waals surface area contributed by atoms with Gasteiger partial charge >= 0.3 is 5.97 Å². The fraction of sp³-hybridized carbons (Fsp3) is 0.833. The Morgan fingerprint density at radius 1 is 0.951 bits per heavy atom. The van der Waals surface area contributed by atoms with Crippen LogP contribution < -0.4 is 16.0 Å². The monoisotopic (exact) mass is 573 g/mol. The second-order valence-corrected chi connectivity index (χ2v) is 13.2. The average Bonchev–Trinajstić information content (AvgIpc) is 3.36. The molecule has 228 valence electrons. The lowest BCUT2D eigenvalue weighted by atomic mass is 9.79. The van der Waals surface area contributed by atoms with E-state index in [0.717, 1.165) is 38.6 Å². The van der Waals surface area contributed by atoms with Gasteiger partial charge in [0.05, 0.1) is 24.8 Å². The first kappa shape index (κ1) is 29.8. The lowest BCUT2D eigenvalue weighted by Gasteiger charge is -2.39. The fourth-order valence-corrected chi connectivity index (χ4v) is 8.19. The first-order chi connectivity index (χ1) is 19.7. The molecule has 5 rings (SSSR count). The normalized spacial score (nSPS) is 35.7. The van der Waals surface area contributed by atoms with E-state index in [4.69, 9.17) is 5.11 Å². The second kappa shape index (κ2) is 13.1. The fourth-order valence-electron chi connectivity index (χ4n) is 8.19. The molecular formula is C30H47N5O6. The Morgan fingerprint density at radius 3 is 2.44 bits per heavy atom. The lowest BCUT2D eigenvalue weighted by molar-refractivity contribution is -0.141. The summed E-state index contributed by atoms with van der Waals surface area (Å²) in [5.74, 6) is -0.789. The van der Waals surface area contributed by atoms with Crippen LogP contribution in [0.2, 0.25) is 0 Å². The Balaban J connectivity index is 1.06. The Hall–Kier alpha value is -2.69. The van der Waals surface area contributed by atoms with Crippen LogP contribution >= 0.6 is 0 Å². The van der Waals surface area contributed by atoms with Gasteiger partial charge in [0.15, 0.2) is 0 Å². The highest BCUT2D eigenvalue weighted by atomic mass is 16.4. The third-order valence-corrected chi connectivity index (χ3v) is 10.6. The van der Waals surface area contributed by atoms with E-state index in [9.17, 15) is 24.0 Å². The molecule has 6 unspecified atom stereocenters. The number of hydrogen-bond acceptors (Lipinski definition) is 6. The van der Waals surface area contributed by atoms with Crippen molar-refractivity contribution in [2.24, 2.45) is 23.7 Å².